The Morgan fingerprint density at radius 3 is 2.96 bits per heavy atom. The SMILES string of the molecule is CCC(=O)N1CCC(NC(=NC)NCc2cc3c(cc2OC)CC(C)O3)C1. The molecule has 0 saturated carbocycles. The number of fused-ring (bicyclic) bond motifs is 1. The van der Waals surface area contributed by atoms with E-state index >= 15 is 0 Å². The maximum absolute atomic E-state index is 11.8. The average molecular weight is 374 g/mol. The van der Waals surface area contributed by atoms with Gasteiger partial charge in [-0.3, -0.25) is 9.79 Å². The Morgan fingerprint density at radius 1 is 1.44 bits per heavy atom. The molecule has 0 spiro atoms. The van der Waals surface area contributed by atoms with Crippen molar-refractivity contribution in [2.75, 3.05) is 27.2 Å². The number of guanidine groups is 1. The van der Waals surface area contributed by atoms with Crippen molar-refractivity contribution in [3.63, 3.8) is 0 Å². The van der Waals surface area contributed by atoms with Crippen LogP contribution in [0.5, 0.6) is 11.5 Å². The van der Waals surface area contributed by atoms with E-state index in [1.165, 1.54) is 5.56 Å². The second kappa shape index (κ2) is 8.50. The van der Waals surface area contributed by atoms with E-state index in [0.29, 0.717) is 13.0 Å². The lowest BCUT2D eigenvalue weighted by molar-refractivity contribution is -0.129. The van der Waals surface area contributed by atoms with Crippen molar-refractivity contribution in [3.8, 4) is 11.5 Å². The lowest BCUT2D eigenvalue weighted by atomic mass is 10.1. The maximum Gasteiger partial charge on any atom is 0.222 e. The number of hydrogen-bond donors (Lipinski definition) is 2. The molecule has 27 heavy (non-hydrogen) atoms. The second-order valence-electron chi connectivity index (χ2n) is 7.15. The molecule has 2 unspecified atom stereocenters. The summed E-state index contributed by atoms with van der Waals surface area (Å²) < 4.78 is 11.4. The minimum Gasteiger partial charge on any atom is -0.496 e. The van der Waals surface area contributed by atoms with Crippen LogP contribution in [0.3, 0.4) is 0 Å². The highest BCUT2D eigenvalue weighted by Crippen LogP contribution is 2.34. The molecule has 3 rings (SSSR count). The summed E-state index contributed by atoms with van der Waals surface area (Å²) in [5.74, 6) is 2.73. The fraction of sp³-hybridized carbons (Fsp3) is 0.600. The monoisotopic (exact) mass is 374 g/mol. The Morgan fingerprint density at radius 2 is 2.26 bits per heavy atom. The molecular formula is C20H30N4O3. The molecule has 148 valence electrons. The molecule has 0 bridgehead atoms. The van der Waals surface area contributed by atoms with E-state index < -0.39 is 0 Å². The highest BCUT2D eigenvalue weighted by molar-refractivity contribution is 5.80. The van der Waals surface area contributed by atoms with Crippen LogP contribution in [0, 0.1) is 0 Å². The number of hydrogen-bond acceptors (Lipinski definition) is 4. The van der Waals surface area contributed by atoms with Crippen LogP contribution in [0.1, 0.15) is 37.8 Å². The van der Waals surface area contributed by atoms with Gasteiger partial charge in [0.2, 0.25) is 5.91 Å². The molecule has 2 atom stereocenters. The lowest BCUT2D eigenvalue weighted by Gasteiger charge is -2.19. The fourth-order valence-corrected chi connectivity index (χ4v) is 3.70. The zero-order valence-corrected chi connectivity index (χ0v) is 16.7. The topological polar surface area (TPSA) is 75.2 Å². The Kier molecular flexibility index (Phi) is 6.08. The molecule has 7 heteroatoms. The summed E-state index contributed by atoms with van der Waals surface area (Å²) in [4.78, 5) is 18.1. The molecule has 1 fully saturated rings. The normalized spacial score (nSPS) is 21.6. The fourth-order valence-electron chi connectivity index (χ4n) is 3.70. The van der Waals surface area contributed by atoms with Gasteiger partial charge in [-0.25, -0.2) is 0 Å². The summed E-state index contributed by atoms with van der Waals surface area (Å²) in [6.07, 6.45) is 2.61. The zero-order valence-electron chi connectivity index (χ0n) is 16.7. The van der Waals surface area contributed by atoms with Gasteiger partial charge in [0.15, 0.2) is 5.96 Å². The summed E-state index contributed by atoms with van der Waals surface area (Å²) in [5.41, 5.74) is 2.22. The molecule has 1 aromatic carbocycles. The van der Waals surface area contributed by atoms with E-state index in [2.05, 4.69) is 34.7 Å². The summed E-state index contributed by atoms with van der Waals surface area (Å²) in [6, 6.07) is 4.34. The third-order valence-corrected chi connectivity index (χ3v) is 5.15. The molecule has 0 radical (unpaired) electrons. The van der Waals surface area contributed by atoms with Gasteiger partial charge < -0.3 is 25.0 Å². The second-order valence-corrected chi connectivity index (χ2v) is 7.15. The molecule has 1 aromatic rings. The first-order valence-corrected chi connectivity index (χ1v) is 9.65. The summed E-state index contributed by atoms with van der Waals surface area (Å²) in [7, 11) is 3.44. The Labute approximate surface area is 161 Å². The van der Waals surface area contributed by atoms with E-state index in [1.54, 1.807) is 14.2 Å². The first-order chi connectivity index (χ1) is 13.0. The number of nitrogens with zero attached hydrogens (tertiary/aromatic N) is 2. The van der Waals surface area contributed by atoms with Crippen molar-refractivity contribution < 1.29 is 14.3 Å². The predicted molar refractivity (Wildman–Crippen MR) is 105 cm³/mol. The van der Waals surface area contributed by atoms with Crippen molar-refractivity contribution in [2.24, 2.45) is 4.99 Å². The number of amides is 1. The number of nitrogens with one attached hydrogen (secondary N) is 2. The Bertz CT molecular complexity index is 719. The highest BCUT2D eigenvalue weighted by Gasteiger charge is 2.26. The van der Waals surface area contributed by atoms with Crippen LogP contribution in [0.15, 0.2) is 17.1 Å². The van der Waals surface area contributed by atoms with Gasteiger partial charge in [-0.2, -0.15) is 0 Å². The van der Waals surface area contributed by atoms with Crippen LogP contribution in [0.2, 0.25) is 0 Å². The number of ether oxygens (including phenoxy) is 2. The number of methoxy groups -OCH3 is 1. The van der Waals surface area contributed by atoms with E-state index in [0.717, 1.165) is 49.0 Å². The van der Waals surface area contributed by atoms with Crippen molar-refractivity contribution in [1.29, 1.82) is 0 Å². The van der Waals surface area contributed by atoms with Crippen molar-refractivity contribution in [2.45, 2.75) is 51.8 Å². The third-order valence-electron chi connectivity index (χ3n) is 5.15. The smallest absolute Gasteiger partial charge is 0.222 e. The van der Waals surface area contributed by atoms with Gasteiger partial charge in [-0.15, -0.1) is 0 Å². The van der Waals surface area contributed by atoms with E-state index in [1.807, 2.05) is 11.8 Å². The number of aliphatic imine (C=N–C) groups is 1. The van der Waals surface area contributed by atoms with Gasteiger partial charge >= 0.3 is 0 Å². The molecule has 2 N–H and O–H groups in total. The van der Waals surface area contributed by atoms with Gasteiger partial charge in [0.1, 0.15) is 17.6 Å². The third kappa shape index (κ3) is 4.46. The Hall–Kier alpha value is -2.44. The van der Waals surface area contributed by atoms with Crippen LogP contribution in [0.4, 0.5) is 0 Å². The number of likely N-dealkylation sites (tertiary alicyclic amines) is 1. The number of benzene rings is 1. The minimum atomic E-state index is 0.207. The van der Waals surface area contributed by atoms with E-state index in [9.17, 15) is 4.79 Å². The molecule has 7 nitrogen and oxygen atoms in total. The average Bonchev–Trinajstić information content (AvgIpc) is 3.28. The van der Waals surface area contributed by atoms with Gasteiger partial charge in [-0.1, -0.05) is 6.92 Å². The Balaban J connectivity index is 1.59. The molecular weight excluding hydrogens is 344 g/mol. The lowest BCUT2D eigenvalue weighted by Crippen LogP contribution is -2.44. The maximum atomic E-state index is 11.8. The zero-order chi connectivity index (χ0) is 19.4. The van der Waals surface area contributed by atoms with Crippen LogP contribution in [0.25, 0.3) is 0 Å². The van der Waals surface area contributed by atoms with Gasteiger partial charge in [0.05, 0.1) is 7.11 Å². The number of carbonyl (C=O) groups excluding carboxylic acids is 1. The molecule has 0 aliphatic carbocycles. The molecule has 2 heterocycles. The number of carbonyl (C=O) groups is 1. The van der Waals surface area contributed by atoms with Crippen molar-refractivity contribution in [1.82, 2.24) is 15.5 Å². The molecule has 2 aliphatic rings. The quantitative estimate of drug-likeness (QED) is 0.606. The van der Waals surface area contributed by atoms with Crippen LogP contribution in [-0.4, -0.2) is 56.2 Å². The van der Waals surface area contributed by atoms with Crippen molar-refractivity contribution in [3.05, 3.63) is 23.3 Å². The summed E-state index contributed by atoms with van der Waals surface area (Å²) in [6.45, 7) is 6.08. The predicted octanol–water partition coefficient (Wildman–Crippen LogP) is 1.69. The molecule has 1 saturated heterocycles. The van der Waals surface area contributed by atoms with Crippen LogP contribution >= 0.6 is 0 Å². The first-order valence-electron chi connectivity index (χ1n) is 9.65. The molecule has 1 amide bonds. The molecule has 0 aromatic heterocycles. The first kappa shape index (κ1) is 19.3. The van der Waals surface area contributed by atoms with Gasteiger partial charge in [0, 0.05) is 56.7 Å². The molecule has 2 aliphatic heterocycles. The van der Waals surface area contributed by atoms with Gasteiger partial charge in [0.25, 0.3) is 0 Å². The standard InChI is InChI=1S/C20H30N4O3/c1-5-19(25)24-7-6-16(12-24)23-20(21-3)22-11-15-10-18-14(8-13(2)27-18)9-17(15)26-4/h9-10,13,16H,5-8,11-12H2,1-4H3,(H2,21,22,23). The number of rotatable bonds is 5. The van der Waals surface area contributed by atoms with Crippen LogP contribution < -0.4 is 20.1 Å². The van der Waals surface area contributed by atoms with Crippen molar-refractivity contribution >= 4 is 11.9 Å². The van der Waals surface area contributed by atoms with E-state index in [4.69, 9.17) is 9.47 Å². The summed E-state index contributed by atoms with van der Waals surface area (Å²) >= 11 is 0. The highest BCUT2D eigenvalue weighted by atomic mass is 16.5. The van der Waals surface area contributed by atoms with E-state index in [-0.39, 0.29) is 18.1 Å². The largest absolute Gasteiger partial charge is 0.496 e. The van der Waals surface area contributed by atoms with Crippen LogP contribution in [-0.2, 0) is 17.8 Å². The van der Waals surface area contributed by atoms with Gasteiger partial charge in [-0.05, 0) is 25.5 Å². The summed E-state index contributed by atoms with van der Waals surface area (Å²) in [5, 5.41) is 6.76. The minimum absolute atomic E-state index is 0.207.